The third kappa shape index (κ3) is 2.85. The van der Waals surface area contributed by atoms with Crippen LogP contribution in [-0.2, 0) is 13.1 Å². The maximum absolute atomic E-state index is 5.39. The van der Waals surface area contributed by atoms with Crippen molar-refractivity contribution < 1.29 is 9.47 Å². The summed E-state index contributed by atoms with van der Waals surface area (Å²) < 4.78 is 10.7. The van der Waals surface area contributed by atoms with Crippen LogP contribution >= 0.6 is 22.7 Å². The van der Waals surface area contributed by atoms with E-state index in [1.807, 2.05) is 18.3 Å². The summed E-state index contributed by atoms with van der Waals surface area (Å²) in [6.07, 6.45) is 1.95. The molecule has 22 heavy (non-hydrogen) atoms. The van der Waals surface area contributed by atoms with Crippen molar-refractivity contribution in [2.24, 2.45) is 0 Å². The molecule has 112 valence electrons. The number of rotatable bonds is 5. The van der Waals surface area contributed by atoms with Crippen molar-refractivity contribution in [2.45, 2.75) is 13.1 Å². The minimum atomic E-state index is 0.316. The van der Waals surface area contributed by atoms with Crippen LogP contribution in [0.25, 0.3) is 10.4 Å². The zero-order chi connectivity index (χ0) is 14.8. The van der Waals surface area contributed by atoms with E-state index < -0.39 is 0 Å². The van der Waals surface area contributed by atoms with Gasteiger partial charge < -0.3 is 14.8 Å². The summed E-state index contributed by atoms with van der Waals surface area (Å²) in [6.45, 7) is 1.87. The Kier molecular flexibility index (Phi) is 3.80. The number of hydrogen-bond donors (Lipinski definition) is 1. The van der Waals surface area contributed by atoms with Gasteiger partial charge in [0, 0.05) is 24.8 Å². The van der Waals surface area contributed by atoms with E-state index in [0.717, 1.165) is 29.6 Å². The standard InChI is InChI=1S/C16H14N2O2S2/c1-2-13-14(20-10-19-13)5-11(1)6-17-8-16-18-7-15(22-16)12-3-4-21-9-12/h1-5,7,9,17H,6,8,10H2. The van der Waals surface area contributed by atoms with Crippen LogP contribution in [0.3, 0.4) is 0 Å². The summed E-state index contributed by atoms with van der Waals surface area (Å²) in [5, 5.41) is 8.76. The van der Waals surface area contributed by atoms with Gasteiger partial charge in [0.25, 0.3) is 0 Å². The lowest BCUT2D eigenvalue weighted by Gasteiger charge is -2.04. The molecule has 3 aromatic rings. The molecule has 1 aliphatic heterocycles. The first-order valence-corrected chi connectivity index (χ1v) is 8.71. The van der Waals surface area contributed by atoms with Crippen LogP contribution in [0.1, 0.15) is 10.6 Å². The smallest absolute Gasteiger partial charge is 0.231 e. The van der Waals surface area contributed by atoms with Gasteiger partial charge in [-0.1, -0.05) is 6.07 Å². The molecule has 4 nitrogen and oxygen atoms in total. The molecule has 1 aliphatic rings. The van der Waals surface area contributed by atoms with E-state index in [2.05, 4.69) is 33.2 Å². The monoisotopic (exact) mass is 330 g/mol. The van der Waals surface area contributed by atoms with Gasteiger partial charge >= 0.3 is 0 Å². The molecule has 1 N–H and O–H groups in total. The second-order valence-electron chi connectivity index (χ2n) is 4.92. The molecular formula is C16H14N2O2S2. The van der Waals surface area contributed by atoms with Crippen LogP contribution in [0, 0.1) is 0 Å². The highest BCUT2D eigenvalue weighted by atomic mass is 32.1. The van der Waals surface area contributed by atoms with E-state index in [1.165, 1.54) is 16.0 Å². The molecule has 0 bridgehead atoms. The zero-order valence-electron chi connectivity index (χ0n) is 11.7. The minimum Gasteiger partial charge on any atom is -0.454 e. The highest BCUT2D eigenvalue weighted by Crippen LogP contribution is 2.32. The Hall–Kier alpha value is -1.89. The fraction of sp³-hybridized carbons (Fsp3) is 0.188. The Morgan fingerprint density at radius 1 is 1.14 bits per heavy atom. The van der Waals surface area contributed by atoms with Crippen LogP contribution < -0.4 is 14.8 Å². The quantitative estimate of drug-likeness (QED) is 0.771. The van der Waals surface area contributed by atoms with E-state index in [4.69, 9.17) is 9.47 Å². The van der Waals surface area contributed by atoms with Gasteiger partial charge in [-0.2, -0.15) is 11.3 Å². The van der Waals surface area contributed by atoms with Crippen LogP contribution in [0.4, 0.5) is 0 Å². The number of nitrogens with zero attached hydrogens (tertiary/aromatic N) is 1. The molecule has 1 aromatic carbocycles. The van der Waals surface area contributed by atoms with E-state index in [1.54, 1.807) is 22.7 Å². The Labute approximate surface area is 136 Å². The Balaban J connectivity index is 1.35. The topological polar surface area (TPSA) is 43.4 Å². The fourth-order valence-corrected chi connectivity index (χ4v) is 3.91. The molecule has 6 heteroatoms. The molecule has 0 spiro atoms. The average Bonchev–Trinajstić information content (AvgIpc) is 3.28. The molecule has 0 fully saturated rings. The first-order valence-electron chi connectivity index (χ1n) is 6.95. The summed E-state index contributed by atoms with van der Waals surface area (Å²) in [6, 6.07) is 8.16. The van der Waals surface area contributed by atoms with Crippen molar-refractivity contribution in [1.29, 1.82) is 0 Å². The summed E-state index contributed by atoms with van der Waals surface area (Å²) in [5.74, 6) is 1.65. The van der Waals surface area contributed by atoms with Crippen molar-refractivity contribution >= 4 is 22.7 Å². The number of ether oxygens (including phenoxy) is 2. The maximum Gasteiger partial charge on any atom is 0.231 e. The Morgan fingerprint density at radius 3 is 3.00 bits per heavy atom. The van der Waals surface area contributed by atoms with Gasteiger partial charge in [-0.3, -0.25) is 0 Å². The lowest BCUT2D eigenvalue weighted by atomic mass is 10.2. The van der Waals surface area contributed by atoms with Crippen molar-refractivity contribution in [3.8, 4) is 21.9 Å². The van der Waals surface area contributed by atoms with E-state index in [0.29, 0.717) is 6.79 Å². The van der Waals surface area contributed by atoms with Crippen molar-refractivity contribution in [3.05, 3.63) is 51.8 Å². The second-order valence-corrected chi connectivity index (χ2v) is 6.82. The minimum absolute atomic E-state index is 0.316. The molecule has 0 radical (unpaired) electrons. The Morgan fingerprint density at radius 2 is 2.09 bits per heavy atom. The summed E-state index contributed by atoms with van der Waals surface area (Å²) in [5.41, 5.74) is 2.43. The van der Waals surface area contributed by atoms with Gasteiger partial charge in [-0.05, 0) is 34.5 Å². The van der Waals surface area contributed by atoms with E-state index in [9.17, 15) is 0 Å². The van der Waals surface area contributed by atoms with Crippen molar-refractivity contribution in [3.63, 3.8) is 0 Å². The summed E-state index contributed by atoms with van der Waals surface area (Å²) in [4.78, 5) is 5.70. The van der Waals surface area contributed by atoms with E-state index >= 15 is 0 Å². The molecular weight excluding hydrogens is 316 g/mol. The summed E-state index contributed by atoms with van der Waals surface area (Å²) >= 11 is 3.44. The maximum atomic E-state index is 5.39. The molecule has 2 aromatic heterocycles. The SMILES string of the molecule is c1cc(-c2cnc(CNCc3ccc4c(c3)OCO4)s2)cs1. The molecule has 3 heterocycles. The number of benzene rings is 1. The predicted octanol–water partition coefficient (Wildman–Crippen LogP) is 3.89. The number of hydrogen-bond acceptors (Lipinski definition) is 6. The normalized spacial score (nSPS) is 12.7. The number of thiazole rings is 1. The molecule has 0 unspecified atom stereocenters. The van der Waals surface area contributed by atoms with Gasteiger partial charge in [0.2, 0.25) is 6.79 Å². The van der Waals surface area contributed by atoms with Crippen molar-refractivity contribution in [2.75, 3.05) is 6.79 Å². The zero-order valence-corrected chi connectivity index (χ0v) is 13.4. The van der Waals surface area contributed by atoms with Gasteiger partial charge in [0.1, 0.15) is 5.01 Å². The molecule has 0 aliphatic carbocycles. The number of aromatic nitrogens is 1. The van der Waals surface area contributed by atoms with E-state index in [-0.39, 0.29) is 0 Å². The molecule has 0 saturated carbocycles. The fourth-order valence-electron chi connectivity index (χ4n) is 2.29. The molecule has 4 rings (SSSR count). The van der Waals surface area contributed by atoms with Gasteiger partial charge in [-0.15, -0.1) is 11.3 Å². The molecule has 0 amide bonds. The van der Waals surface area contributed by atoms with Crippen LogP contribution in [0.15, 0.2) is 41.2 Å². The largest absolute Gasteiger partial charge is 0.454 e. The van der Waals surface area contributed by atoms with Crippen LogP contribution in [-0.4, -0.2) is 11.8 Å². The van der Waals surface area contributed by atoms with Crippen molar-refractivity contribution in [1.82, 2.24) is 10.3 Å². The highest BCUT2D eigenvalue weighted by molar-refractivity contribution is 7.15. The third-order valence-electron chi connectivity index (χ3n) is 3.40. The number of thiophene rings is 1. The number of fused-ring (bicyclic) bond motifs is 1. The number of nitrogens with one attached hydrogen (secondary N) is 1. The third-order valence-corrected chi connectivity index (χ3v) is 5.13. The van der Waals surface area contributed by atoms with Gasteiger partial charge in [-0.25, -0.2) is 4.98 Å². The second kappa shape index (κ2) is 6.08. The van der Waals surface area contributed by atoms with Crippen LogP contribution in [0.5, 0.6) is 11.5 Å². The van der Waals surface area contributed by atoms with Crippen LogP contribution in [0.2, 0.25) is 0 Å². The Bertz CT molecular complexity index is 768. The summed E-state index contributed by atoms with van der Waals surface area (Å²) in [7, 11) is 0. The molecule has 0 saturated heterocycles. The first kappa shape index (κ1) is 13.8. The molecule has 0 atom stereocenters. The predicted molar refractivity (Wildman–Crippen MR) is 88.5 cm³/mol. The van der Waals surface area contributed by atoms with Gasteiger partial charge in [0.05, 0.1) is 4.88 Å². The average molecular weight is 330 g/mol. The first-order chi connectivity index (χ1) is 10.9. The van der Waals surface area contributed by atoms with Gasteiger partial charge in [0.15, 0.2) is 11.5 Å². The highest BCUT2D eigenvalue weighted by Gasteiger charge is 2.13. The lowest BCUT2D eigenvalue weighted by molar-refractivity contribution is 0.174. The lowest BCUT2D eigenvalue weighted by Crippen LogP contribution is -2.12.